The Bertz CT molecular complexity index is 350. The van der Waals surface area contributed by atoms with Crippen molar-refractivity contribution in [3.8, 4) is 0 Å². The maximum atomic E-state index is 4.75. The minimum Gasteiger partial charge on any atom is -0.357 e. The van der Waals surface area contributed by atoms with Gasteiger partial charge in [0.25, 0.3) is 0 Å². The summed E-state index contributed by atoms with van der Waals surface area (Å²) < 4.78 is 0. The number of rotatable bonds is 8. The van der Waals surface area contributed by atoms with Crippen LogP contribution in [-0.4, -0.2) is 24.6 Å². The Morgan fingerprint density at radius 3 is 2.50 bits per heavy atom. The molecule has 102 valence electrons. The minimum atomic E-state index is 0.933. The quantitative estimate of drug-likeness (QED) is 0.767. The zero-order chi connectivity index (χ0) is 13.4. The third kappa shape index (κ3) is 4.30. The molecule has 0 unspecified atom stereocenters. The summed E-state index contributed by atoms with van der Waals surface area (Å²) >= 11 is 0. The summed E-state index contributed by atoms with van der Waals surface area (Å²) in [6, 6.07) is 4.44. The number of aryl methyl sites for hydroxylation is 1. The van der Waals surface area contributed by atoms with Gasteiger partial charge in [0.1, 0.15) is 5.82 Å². The Labute approximate surface area is 112 Å². The molecule has 0 aliphatic carbocycles. The molecule has 3 heteroatoms. The molecule has 1 N–H and O–H groups in total. The highest BCUT2D eigenvalue weighted by Gasteiger charge is 2.07. The largest absolute Gasteiger partial charge is 0.357 e. The Morgan fingerprint density at radius 1 is 1.17 bits per heavy atom. The molecule has 0 atom stereocenters. The molecule has 0 amide bonds. The van der Waals surface area contributed by atoms with Crippen LogP contribution in [0, 0.1) is 0 Å². The number of aromatic nitrogens is 1. The summed E-state index contributed by atoms with van der Waals surface area (Å²) in [6.07, 6.45) is 2.16. The second-order valence-corrected chi connectivity index (χ2v) is 4.54. The lowest BCUT2D eigenvalue weighted by Gasteiger charge is -2.22. The van der Waals surface area contributed by atoms with Crippen molar-refractivity contribution in [2.45, 2.75) is 47.1 Å². The van der Waals surface area contributed by atoms with Gasteiger partial charge in [-0.1, -0.05) is 20.8 Å². The first-order valence-corrected chi connectivity index (χ1v) is 7.20. The van der Waals surface area contributed by atoms with Crippen LogP contribution in [0.3, 0.4) is 0 Å². The number of hydrogen-bond acceptors (Lipinski definition) is 3. The molecule has 0 saturated heterocycles. The van der Waals surface area contributed by atoms with Crippen LogP contribution in [0.1, 0.15) is 45.4 Å². The fourth-order valence-electron chi connectivity index (χ4n) is 2.05. The van der Waals surface area contributed by atoms with Gasteiger partial charge in [0.2, 0.25) is 0 Å². The van der Waals surface area contributed by atoms with Crippen LogP contribution in [0.5, 0.6) is 0 Å². The molecule has 3 nitrogen and oxygen atoms in total. The molecule has 0 radical (unpaired) electrons. The molecule has 1 heterocycles. The zero-order valence-corrected chi connectivity index (χ0v) is 12.3. The van der Waals surface area contributed by atoms with E-state index in [1.165, 1.54) is 11.3 Å². The summed E-state index contributed by atoms with van der Waals surface area (Å²) in [6.45, 7) is 12.8. The number of pyridine rings is 1. The minimum absolute atomic E-state index is 0.933. The molecule has 1 aromatic rings. The van der Waals surface area contributed by atoms with Gasteiger partial charge in [-0.05, 0) is 44.0 Å². The average molecular weight is 249 g/mol. The van der Waals surface area contributed by atoms with E-state index in [1.807, 2.05) is 0 Å². The normalized spacial score (nSPS) is 10.7. The topological polar surface area (TPSA) is 28.2 Å². The fourth-order valence-corrected chi connectivity index (χ4v) is 2.05. The van der Waals surface area contributed by atoms with E-state index in [0.717, 1.165) is 44.8 Å². The van der Waals surface area contributed by atoms with Crippen molar-refractivity contribution in [1.82, 2.24) is 10.3 Å². The highest BCUT2D eigenvalue weighted by molar-refractivity contribution is 5.42. The third-order valence-electron chi connectivity index (χ3n) is 3.07. The van der Waals surface area contributed by atoms with E-state index < -0.39 is 0 Å². The SMILES string of the molecule is CCCN(CC)c1cc(CNCC)cc(CC)n1. The number of nitrogens with zero attached hydrogens (tertiary/aromatic N) is 2. The average Bonchev–Trinajstić information content (AvgIpc) is 2.42. The smallest absolute Gasteiger partial charge is 0.129 e. The predicted molar refractivity (Wildman–Crippen MR) is 79.2 cm³/mol. The Balaban J connectivity index is 2.94. The van der Waals surface area contributed by atoms with Gasteiger partial charge in [0.15, 0.2) is 0 Å². The summed E-state index contributed by atoms with van der Waals surface area (Å²) in [5, 5.41) is 3.39. The van der Waals surface area contributed by atoms with Crippen molar-refractivity contribution in [2.75, 3.05) is 24.5 Å². The summed E-state index contributed by atoms with van der Waals surface area (Å²) in [5.41, 5.74) is 2.53. The lowest BCUT2D eigenvalue weighted by Crippen LogP contribution is -2.25. The molecule has 1 rings (SSSR count). The van der Waals surface area contributed by atoms with E-state index in [0.29, 0.717) is 0 Å². The van der Waals surface area contributed by atoms with Crippen LogP contribution in [-0.2, 0) is 13.0 Å². The zero-order valence-electron chi connectivity index (χ0n) is 12.3. The van der Waals surface area contributed by atoms with Crippen molar-refractivity contribution in [2.24, 2.45) is 0 Å². The van der Waals surface area contributed by atoms with Gasteiger partial charge in [-0.3, -0.25) is 0 Å². The van der Waals surface area contributed by atoms with Crippen molar-refractivity contribution in [3.63, 3.8) is 0 Å². The van der Waals surface area contributed by atoms with Crippen molar-refractivity contribution in [3.05, 3.63) is 23.4 Å². The van der Waals surface area contributed by atoms with Gasteiger partial charge in [-0.2, -0.15) is 0 Å². The molecule has 0 aromatic carbocycles. The molecule has 0 aliphatic heterocycles. The Morgan fingerprint density at radius 2 is 1.94 bits per heavy atom. The molecule has 0 spiro atoms. The molecular formula is C15H27N3. The summed E-state index contributed by atoms with van der Waals surface area (Å²) in [7, 11) is 0. The van der Waals surface area contributed by atoms with E-state index in [2.05, 4.69) is 50.0 Å². The molecular weight excluding hydrogens is 222 g/mol. The van der Waals surface area contributed by atoms with Crippen molar-refractivity contribution in [1.29, 1.82) is 0 Å². The Hall–Kier alpha value is -1.09. The first kappa shape index (κ1) is 15.0. The summed E-state index contributed by atoms with van der Waals surface area (Å²) in [5.74, 6) is 1.13. The van der Waals surface area contributed by atoms with Gasteiger partial charge in [-0.15, -0.1) is 0 Å². The molecule has 18 heavy (non-hydrogen) atoms. The van der Waals surface area contributed by atoms with Crippen LogP contribution in [0.25, 0.3) is 0 Å². The predicted octanol–water partition coefficient (Wildman–Crippen LogP) is 2.99. The van der Waals surface area contributed by atoms with Gasteiger partial charge >= 0.3 is 0 Å². The highest BCUT2D eigenvalue weighted by atomic mass is 15.2. The lowest BCUT2D eigenvalue weighted by molar-refractivity contribution is 0.720. The number of nitrogens with one attached hydrogen (secondary N) is 1. The molecule has 0 aliphatic rings. The number of anilines is 1. The van der Waals surface area contributed by atoms with E-state index in [9.17, 15) is 0 Å². The van der Waals surface area contributed by atoms with Crippen LogP contribution in [0.4, 0.5) is 5.82 Å². The van der Waals surface area contributed by atoms with Gasteiger partial charge in [0.05, 0.1) is 0 Å². The van der Waals surface area contributed by atoms with Gasteiger partial charge in [0, 0.05) is 25.3 Å². The van der Waals surface area contributed by atoms with Crippen LogP contribution in [0.15, 0.2) is 12.1 Å². The maximum absolute atomic E-state index is 4.75. The van der Waals surface area contributed by atoms with E-state index in [4.69, 9.17) is 4.98 Å². The van der Waals surface area contributed by atoms with E-state index in [-0.39, 0.29) is 0 Å². The summed E-state index contributed by atoms with van der Waals surface area (Å²) in [4.78, 5) is 7.10. The van der Waals surface area contributed by atoms with Gasteiger partial charge in [-0.25, -0.2) is 4.98 Å². The first-order chi connectivity index (χ1) is 8.74. The maximum Gasteiger partial charge on any atom is 0.129 e. The molecule has 0 bridgehead atoms. The molecule has 1 aromatic heterocycles. The standard InChI is InChI=1S/C15H27N3/c1-5-9-18(8-4)15-11-13(12-16-7-3)10-14(6-2)17-15/h10-11,16H,5-9,12H2,1-4H3. The van der Waals surface area contributed by atoms with E-state index >= 15 is 0 Å². The van der Waals surface area contributed by atoms with Crippen LogP contribution in [0.2, 0.25) is 0 Å². The third-order valence-corrected chi connectivity index (χ3v) is 3.07. The second-order valence-electron chi connectivity index (χ2n) is 4.54. The first-order valence-electron chi connectivity index (χ1n) is 7.20. The van der Waals surface area contributed by atoms with Crippen molar-refractivity contribution >= 4 is 5.82 Å². The highest BCUT2D eigenvalue weighted by Crippen LogP contribution is 2.16. The lowest BCUT2D eigenvalue weighted by atomic mass is 10.2. The van der Waals surface area contributed by atoms with Crippen LogP contribution < -0.4 is 10.2 Å². The van der Waals surface area contributed by atoms with Crippen molar-refractivity contribution < 1.29 is 0 Å². The number of hydrogen-bond donors (Lipinski definition) is 1. The van der Waals surface area contributed by atoms with E-state index in [1.54, 1.807) is 0 Å². The Kier molecular flexibility index (Phi) is 6.73. The molecule has 0 saturated carbocycles. The fraction of sp³-hybridized carbons (Fsp3) is 0.667. The van der Waals surface area contributed by atoms with Gasteiger partial charge < -0.3 is 10.2 Å². The molecule has 0 fully saturated rings. The second kappa shape index (κ2) is 8.09. The van der Waals surface area contributed by atoms with Crippen LogP contribution >= 0.6 is 0 Å². The monoisotopic (exact) mass is 249 g/mol.